The molecule has 0 radical (unpaired) electrons. The van der Waals surface area contributed by atoms with Crippen LogP contribution in [-0.2, 0) is 6.42 Å². The van der Waals surface area contributed by atoms with Gasteiger partial charge in [0.15, 0.2) is 23.3 Å². The van der Waals surface area contributed by atoms with Gasteiger partial charge in [-0.15, -0.1) is 0 Å². The Kier molecular flexibility index (Phi) is 3.76. The molecular weight excluding hydrogens is 344 g/mol. The summed E-state index contributed by atoms with van der Waals surface area (Å²) in [6.45, 7) is 0.165. The van der Waals surface area contributed by atoms with Crippen LogP contribution in [0, 0.1) is 11.6 Å². The second-order valence-corrected chi connectivity index (χ2v) is 5.65. The number of ether oxygens (including phenoxy) is 2. The summed E-state index contributed by atoms with van der Waals surface area (Å²) in [5.41, 5.74) is 11.7. The van der Waals surface area contributed by atoms with Crippen LogP contribution < -0.4 is 20.9 Å². The Hall–Kier alpha value is -3.49. The predicted molar refractivity (Wildman–Crippen MR) is 90.3 cm³/mol. The summed E-state index contributed by atoms with van der Waals surface area (Å²) >= 11 is 0. The number of halogens is 2. The second-order valence-electron chi connectivity index (χ2n) is 5.65. The summed E-state index contributed by atoms with van der Waals surface area (Å²) in [5, 5.41) is -0.0470. The molecule has 9 heteroatoms. The Morgan fingerprint density at radius 2 is 1.88 bits per heavy atom. The molecule has 0 bridgehead atoms. The largest absolute Gasteiger partial charge is 0.454 e. The van der Waals surface area contributed by atoms with Gasteiger partial charge in [0.25, 0.3) is 0 Å². The van der Waals surface area contributed by atoms with Crippen LogP contribution >= 0.6 is 0 Å². The highest BCUT2D eigenvalue weighted by Gasteiger charge is 2.16. The summed E-state index contributed by atoms with van der Waals surface area (Å²) in [6, 6.07) is 7.23. The maximum atomic E-state index is 14.2. The molecule has 2 aromatic carbocycles. The van der Waals surface area contributed by atoms with Gasteiger partial charge in [-0.1, -0.05) is 6.07 Å². The van der Waals surface area contributed by atoms with Crippen molar-refractivity contribution in [1.29, 1.82) is 0 Å². The lowest BCUT2D eigenvalue weighted by Gasteiger charge is -2.08. The molecule has 3 aromatic rings. The lowest BCUT2D eigenvalue weighted by Crippen LogP contribution is -2.22. The number of guanidine groups is 1. The molecule has 0 spiro atoms. The van der Waals surface area contributed by atoms with Gasteiger partial charge in [-0.2, -0.15) is 4.99 Å². The number of rotatable bonds is 3. The molecule has 0 saturated heterocycles. The minimum atomic E-state index is -0.838. The van der Waals surface area contributed by atoms with Gasteiger partial charge in [0.1, 0.15) is 17.5 Å². The van der Waals surface area contributed by atoms with Crippen molar-refractivity contribution in [2.45, 2.75) is 6.42 Å². The fourth-order valence-electron chi connectivity index (χ4n) is 2.73. The standard InChI is InChI=1S/C17H13F2N5O2/c18-9-5-10(19)15-11(6-9)22-14(23-16(15)24-17(20)21)4-8-1-2-12-13(3-8)26-7-25-12/h1-3,5-6H,4,7H2,(H4,20,21,22,23,24). The molecule has 7 nitrogen and oxygen atoms in total. The molecule has 0 fully saturated rings. The maximum absolute atomic E-state index is 14.2. The van der Waals surface area contributed by atoms with E-state index < -0.39 is 11.6 Å². The van der Waals surface area contributed by atoms with E-state index in [0.29, 0.717) is 17.3 Å². The molecule has 4 N–H and O–H groups in total. The average Bonchev–Trinajstić information content (AvgIpc) is 3.01. The smallest absolute Gasteiger partial charge is 0.231 e. The minimum absolute atomic E-state index is 0.0470. The van der Waals surface area contributed by atoms with Crippen LogP contribution in [0.4, 0.5) is 14.6 Å². The first-order chi connectivity index (χ1) is 12.5. The van der Waals surface area contributed by atoms with Gasteiger partial charge < -0.3 is 20.9 Å². The van der Waals surface area contributed by atoms with E-state index in [1.807, 2.05) is 6.07 Å². The first-order valence-corrected chi connectivity index (χ1v) is 7.63. The van der Waals surface area contributed by atoms with E-state index in [1.165, 1.54) is 0 Å². The van der Waals surface area contributed by atoms with E-state index in [2.05, 4.69) is 15.0 Å². The molecule has 1 aliphatic heterocycles. The quantitative estimate of drug-likeness (QED) is 0.549. The third-order valence-corrected chi connectivity index (χ3v) is 3.78. The van der Waals surface area contributed by atoms with E-state index >= 15 is 0 Å². The number of fused-ring (bicyclic) bond motifs is 2. The molecule has 4 rings (SSSR count). The zero-order valence-electron chi connectivity index (χ0n) is 13.4. The molecule has 0 amide bonds. The summed E-state index contributed by atoms with van der Waals surface area (Å²) in [6.07, 6.45) is 0.289. The zero-order valence-corrected chi connectivity index (χ0v) is 13.4. The van der Waals surface area contributed by atoms with Crippen molar-refractivity contribution in [3.05, 3.63) is 53.4 Å². The minimum Gasteiger partial charge on any atom is -0.454 e. The van der Waals surface area contributed by atoms with Gasteiger partial charge in [0.05, 0.1) is 10.9 Å². The SMILES string of the molecule is NC(N)=Nc1nc(Cc2ccc3c(c2)OCO3)nc2cc(F)cc(F)c12. The zero-order chi connectivity index (χ0) is 18.3. The number of aromatic nitrogens is 2. The highest BCUT2D eigenvalue weighted by atomic mass is 19.1. The molecule has 0 unspecified atom stereocenters. The number of nitrogens with zero attached hydrogens (tertiary/aromatic N) is 3. The lowest BCUT2D eigenvalue weighted by molar-refractivity contribution is 0.174. The summed E-state index contributed by atoms with van der Waals surface area (Å²) < 4.78 is 38.4. The highest BCUT2D eigenvalue weighted by molar-refractivity contribution is 5.91. The van der Waals surface area contributed by atoms with Gasteiger partial charge in [-0.3, -0.25) is 0 Å². The molecule has 1 aliphatic rings. The predicted octanol–water partition coefficient (Wildman–Crippen LogP) is 2.13. The Balaban J connectivity index is 1.81. The highest BCUT2D eigenvalue weighted by Crippen LogP contribution is 2.33. The summed E-state index contributed by atoms with van der Waals surface area (Å²) in [5.74, 6) is -0.358. The molecule has 1 aromatic heterocycles. The first-order valence-electron chi connectivity index (χ1n) is 7.63. The molecular formula is C17H13F2N5O2. The van der Waals surface area contributed by atoms with Crippen molar-refractivity contribution in [2.24, 2.45) is 16.5 Å². The maximum Gasteiger partial charge on any atom is 0.231 e. The molecule has 0 aliphatic carbocycles. The van der Waals surface area contributed by atoms with Gasteiger partial charge in [0, 0.05) is 18.6 Å². The Morgan fingerprint density at radius 1 is 1.08 bits per heavy atom. The first kappa shape index (κ1) is 16.0. The van der Waals surface area contributed by atoms with Crippen molar-refractivity contribution in [1.82, 2.24) is 9.97 Å². The van der Waals surface area contributed by atoms with Crippen LogP contribution in [0.25, 0.3) is 10.9 Å². The van der Waals surface area contributed by atoms with Crippen molar-refractivity contribution >= 4 is 22.7 Å². The fourth-order valence-corrected chi connectivity index (χ4v) is 2.73. The van der Waals surface area contributed by atoms with Crippen molar-refractivity contribution in [2.75, 3.05) is 6.79 Å². The summed E-state index contributed by atoms with van der Waals surface area (Å²) in [7, 11) is 0. The van der Waals surface area contributed by atoms with Gasteiger partial charge in [-0.25, -0.2) is 18.7 Å². The number of benzene rings is 2. The van der Waals surface area contributed by atoms with Crippen LogP contribution in [0.5, 0.6) is 11.5 Å². The van der Waals surface area contributed by atoms with E-state index in [0.717, 1.165) is 17.7 Å². The molecule has 132 valence electrons. The monoisotopic (exact) mass is 357 g/mol. The molecule has 0 atom stereocenters. The van der Waals surface area contributed by atoms with Crippen molar-refractivity contribution < 1.29 is 18.3 Å². The number of nitrogens with two attached hydrogens (primary N) is 2. The topological polar surface area (TPSA) is 109 Å². The number of hydrogen-bond donors (Lipinski definition) is 2. The van der Waals surface area contributed by atoms with Crippen LogP contribution in [-0.4, -0.2) is 22.7 Å². The average molecular weight is 357 g/mol. The van der Waals surface area contributed by atoms with E-state index in [9.17, 15) is 8.78 Å². The Labute approximate surface area is 146 Å². The molecule has 26 heavy (non-hydrogen) atoms. The van der Waals surface area contributed by atoms with E-state index in [4.69, 9.17) is 20.9 Å². The van der Waals surface area contributed by atoms with Crippen molar-refractivity contribution in [3.63, 3.8) is 0 Å². The van der Waals surface area contributed by atoms with Crippen LogP contribution in [0.15, 0.2) is 35.3 Å². The lowest BCUT2D eigenvalue weighted by atomic mass is 10.1. The Bertz CT molecular complexity index is 1050. The summed E-state index contributed by atoms with van der Waals surface area (Å²) in [4.78, 5) is 12.3. The molecule has 0 saturated carbocycles. The fraction of sp³-hybridized carbons (Fsp3) is 0.118. The molecule has 2 heterocycles. The van der Waals surface area contributed by atoms with Crippen LogP contribution in [0.2, 0.25) is 0 Å². The Morgan fingerprint density at radius 3 is 2.69 bits per heavy atom. The van der Waals surface area contributed by atoms with Crippen molar-refractivity contribution in [3.8, 4) is 11.5 Å². The third-order valence-electron chi connectivity index (χ3n) is 3.78. The van der Waals surface area contributed by atoms with Gasteiger partial charge in [0.2, 0.25) is 6.79 Å². The van der Waals surface area contributed by atoms with Crippen LogP contribution in [0.3, 0.4) is 0 Å². The normalized spacial score (nSPS) is 12.4. The number of aliphatic imine (C=N–C) groups is 1. The van der Waals surface area contributed by atoms with E-state index in [-0.39, 0.29) is 35.9 Å². The van der Waals surface area contributed by atoms with E-state index in [1.54, 1.807) is 12.1 Å². The third kappa shape index (κ3) is 2.94. The van der Waals surface area contributed by atoms with Crippen LogP contribution in [0.1, 0.15) is 11.4 Å². The van der Waals surface area contributed by atoms with Gasteiger partial charge in [-0.05, 0) is 17.7 Å². The second kappa shape index (κ2) is 6.10. The number of hydrogen-bond acceptors (Lipinski definition) is 5. The van der Waals surface area contributed by atoms with Gasteiger partial charge >= 0.3 is 0 Å².